The van der Waals surface area contributed by atoms with Crippen molar-refractivity contribution >= 4 is 34.5 Å². The van der Waals surface area contributed by atoms with Gasteiger partial charge in [-0.2, -0.15) is 0 Å². The summed E-state index contributed by atoms with van der Waals surface area (Å²) in [4.78, 5) is 15.8. The van der Waals surface area contributed by atoms with Gasteiger partial charge in [0.15, 0.2) is 5.76 Å². The average Bonchev–Trinajstić information content (AvgIpc) is 3.38. The van der Waals surface area contributed by atoms with Crippen molar-refractivity contribution in [2.45, 2.75) is 24.7 Å². The fourth-order valence-electron chi connectivity index (χ4n) is 3.73. The molecule has 2 heterocycles. The first kappa shape index (κ1) is 17.5. The Hall–Kier alpha value is -2.60. The summed E-state index contributed by atoms with van der Waals surface area (Å²) in [6, 6.07) is 15.6. The van der Waals surface area contributed by atoms with Gasteiger partial charge in [-0.05, 0) is 62.0 Å². The maximum absolute atomic E-state index is 12.6. The van der Waals surface area contributed by atoms with Crippen molar-refractivity contribution in [3.63, 3.8) is 0 Å². The molecule has 1 amide bonds. The highest BCUT2D eigenvalue weighted by atomic mass is 32.2. The van der Waals surface area contributed by atoms with Crippen LogP contribution in [0.25, 0.3) is 11.0 Å². The Morgan fingerprint density at radius 1 is 1.21 bits per heavy atom. The third-order valence-electron chi connectivity index (χ3n) is 5.50. The maximum Gasteiger partial charge on any atom is 0.297 e. The number of hydrogen-bond donors (Lipinski definition) is 1. The van der Waals surface area contributed by atoms with Crippen molar-refractivity contribution in [2.24, 2.45) is 5.41 Å². The molecule has 0 radical (unpaired) electrons. The smallest absolute Gasteiger partial charge is 0.297 e. The molecule has 2 fully saturated rings. The van der Waals surface area contributed by atoms with E-state index >= 15 is 0 Å². The third-order valence-corrected chi connectivity index (χ3v) is 6.35. The van der Waals surface area contributed by atoms with E-state index in [0.717, 1.165) is 34.7 Å². The summed E-state index contributed by atoms with van der Waals surface area (Å²) < 4.78 is 14.3. The Labute approximate surface area is 168 Å². The molecule has 5 rings (SSSR count). The van der Waals surface area contributed by atoms with Crippen molar-refractivity contribution in [3.05, 3.63) is 54.3 Å². The fraction of sp³-hybridized carbons (Fsp3) is 0.318. The second-order valence-corrected chi connectivity index (χ2v) is 8.45. The number of ether oxygens (including phenoxy) is 1. The Balaban J connectivity index is 1.28. The van der Waals surface area contributed by atoms with E-state index in [0.29, 0.717) is 17.8 Å². The van der Waals surface area contributed by atoms with Crippen molar-refractivity contribution in [1.82, 2.24) is 4.72 Å². The molecule has 0 unspecified atom stereocenters. The molecule has 1 N–H and O–H groups in total. The van der Waals surface area contributed by atoms with Crippen LogP contribution in [-0.2, 0) is 0 Å². The summed E-state index contributed by atoms with van der Waals surface area (Å²) in [5.41, 5.74) is 2.53. The number of para-hydroxylation sites is 1. The number of nitrogens with zero attached hydrogens (tertiary/aromatic N) is 1. The van der Waals surface area contributed by atoms with Crippen molar-refractivity contribution in [1.29, 1.82) is 0 Å². The first-order valence-electron chi connectivity index (χ1n) is 9.63. The summed E-state index contributed by atoms with van der Waals surface area (Å²) in [5.74, 6) is 0.818. The van der Waals surface area contributed by atoms with Crippen LogP contribution in [0.1, 0.15) is 30.3 Å². The molecule has 0 atom stereocenters. The van der Waals surface area contributed by atoms with Gasteiger partial charge in [0.25, 0.3) is 5.91 Å². The minimum atomic E-state index is -0.255. The van der Waals surface area contributed by atoms with E-state index in [2.05, 4.69) is 15.7 Å². The number of furan rings is 1. The molecule has 6 heteroatoms. The van der Waals surface area contributed by atoms with Crippen molar-refractivity contribution < 1.29 is 13.9 Å². The molecule has 0 bridgehead atoms. The number of carbonyl (C=O) groups excluding carboxylic acids is 1. The van der Waals surface area contributed by atoms with Crippen LogP contribution < -0.4 is 14.4 Å². The number of rotatable bonds is 6. The predicted octanol–water partition coefficient (Wildman–Crippen LogP) is 4.87. The largest absolute Gasteiger partial charge is 0.493 e. The van der Waals surface area contributed by atoms with Crippen LogP contribution >= 0.6 is 11.9 Å². The summed E-state index contributed by atoms with van der Waals surface area (Å²) >= 11 is 1.23. The highest BCUT2D eigenvalue weighted by Gasteiger charge is 2.52. The minimum absolute atomic E-state index is 0.255. The first-order chi connectivity index (χ1) is 13.7. The Morgan fingerprint density at radius 2 is 2.04 bits per heavy atom. The van der Waals surface area contributed by atoms with Crippen LogP contribution in [0.4, 0.5) is 5.69 Å². The number of amides is 1. The third kappa shape index (κ3) is 3.22. The second-order valence-electron chi connectivity index (χ2n) is 7.60. The van der Waals surface area contributed by atoms with Crippen LogP contribution in [0.2, 0.25) is 0 Å². The van der Waals surface area contributed by atoms with Gasteiger partial charge in [0, 0.05) is 35.6 Å². The lowest BCUT2D eigenvalue weighted by atomic mass is 9.96. The molecule has 1 saturated carbocycles. The van der Waals surface area contributed by atoms with Crippen LogP contribution in [0.5, 0.6) is 5.75 Å². The second kappa shape index (κ2) is 6.78. The fourth-order valence-corrected chi connectivity index (χ4v) is 4.41. The average molecular weight is 394 g/mol. The molecule has 1 aromatic heterocycles. The highest BCUT2D eigenvalue weighted by molar-refractivity contribution is 7.98. The molecule has 1 aliphatic heterocycles. The number of anilines is 1. The molecule has 1 aliphatic carbocycles. The van der Waals surface area contributed by atoms with Gasteiger partial charge in [-0.15, -0.1) is 0 Å². The molecule has 1 spiro atoms. The maximum atomic E-state index is 12.6. The molecule has 2 aliphatic rings. The van der Waals surface area contributed by atoms with Gasteiger partial charge in [0.05, 0.1) is 11.5 Å². The van der Waals surface area contributed by atoms with Gasteiger partial charge in [-0.1, -0.05) is 12.1 Å². The van der Waals surface area contributed by atoms with Crippen molar-refractivity contribution in [3.8, 4) is 5.75 Å². The molecule has 3 aromatic rings. The summed E-state index contributed by atoms with van der Waals surface area (Å²) in [7, 11) is 0. The number of fused-ring (bicyclic) bond motifs is 1. The Kier molecular flexibility index (Phi) is 4.23. The minimum Gasteiger partial charge on any atom is -0.493 e. The standard InChI is InChI=1S/C22H22N2O3S/c1-2-26-17-5-3-4-6-20(17)28-23-21(25)19-11-15-7-8-16(12-18(15)27-19)24-13-22(14-24)9-10-22/h3-8,11-12H,2,9-10,13-14H2,1H3,(H,23,25). The number of hydrogen-bond acceptors (Lipinski definition) is 5. The van der Waals surface area contributed by atoms with Crippen LogP contribution in [0.3, 0.4) is 0 Å². The van der Waals surface area contributed by atoms with Gasteiger partial charge in [0.1, 0.15) is 11.3 Å². The van der Waals surface area contributed by atoms with Gasteiger partial charge in [-0.25, -0.2) is 0 Å². The van der Waals surface area contributed by atoms with E-state index in [4.69, 9.17) is 9.15 Å². The van der Waals surface area contributed by atoms with Crippen LogP contribution in [-0.4, -0.2) is 25.6 Å². The zero-order chi connectivity index (χ0) is 19.1. The molecular formula is C22H22N2O3S. The number of carbonyl (C=O) groups is 1. The van der Waals surface area contributed by atoms with E-state index in [1.807, 2.05) is 43.3 Å². The molecule has 5 nitrogen and oxygen atoms in total. The number of benzene rings is 2. The SMILES string of the molecule is CCOc1ccccc1SNC(=O)c1cc2ccc(N3CC4(CC4)C3)cc2o1. The lowest BCUT2D eigenvalue weighted by Crippen LogP contribution is -2.48. The summed E-state index contributed by atoms with van der Waals surface area (Å²) in [5, 5.41) is 0.940. The van der Waals surface area contributed by atoms with Crippen LogP contribution in [0.15, 0.2) is 57.8 Å². The predicted molar refractivity (Wildman–Crippen MR) is 111 cm³/mol. The highest BCUT2D eigenvalue weighted by Crippen LogP contribution is 2.54. The molecule has 1 saturated heterocycles. The molecular weight excluding hydrogens is 372 g/mol. The topological polar surface area (TPSA) is 54.7 Å². The normalized spacial score (nSPS) is 16.8. The summed E-state index contributed by atoms with van der Waals surface area (Å²) in [6.45, 7) is 4.80. The summed E-state index contributed by atoms with van der Waals surface area (Å²) in [6.07, 6.45) is 2.72. The van der Waals surface area contributed by atoms with Crippen LogP contribution in [0, 0.1) is 5.41 Å². The molecule has 2 aromatic carbocycles. The van der Waals surface area contributed by atoms with E-state index in [9.17, 15) is 4.79 Å². The Bertz CT molecular complexity index is 1030. The van der Waals surface area contributed by atoms with Gasteiger partial charge in [-0.3, -0.25) is 9.52 Å². The quantitative estimate of drug-likeness (QED) is 0.605. The lowest BCUT2D eigenvalue weighted by Gasteiger charge is -2.41. The monoisotopic (exact) mass is 394 g/mol. The van der Waals surface area contributed by atoms with Gasteiger partial charge < -0.3 is 14.1 Å². The number of nitrogens with one attached hydrogen (secondary N) is 1. The first-order valence-corrected chi connectivity index (χ1v) is 10.5. The van der Waals surface area contributed by atoms with E-state index in [1.54, 1.807) is 6.07 Å². The van der Waals surface area contributed by atoms with Gasteiger partial charge in [0.2, 0.25) is 0 Å². The van der Waals surface area contributed by atoms with E-state index in [1.165, 1.54) is 30.5 Å². The molecule has 144 valence electrons. The lowest BCUT2D eigenvalue weighted by molar-refractivity contribution is 0.0959. The zero-order valence-electron chi connectivity index (χ0n) is 15.7. The Morgan fingerprint density at radius 3 is 2.82 bits per heavy atom. The zero-order valence-corrected chi connectivity index (χ0v) is 16.6. The van der Waals surface area contributed by atoms with E-state index in [-0.39, 0.29) is 5.91 Å². The van der Waals surface area contributed by atoms with Gasteiger partial charge >= 0.3 is 0 Å². The van der Waals surface area contributed by atoms with E-state index < -0.39 is 0 Å². The molecule has 28 heavy (non-hydrogen) atoms. The van der Waals surface area contributed by atoms with Crippen molar-refractivity contribution in [2.75, 3.05) is 24.6 Å².